The van der Waals surface area contributed by atoms with Crippen LogP contribution in [0.15, 0.2) is 48.5 Å². The van der Waals surface area contributed by atoms with Gasteiger partial charge in [-0.25, -0.2) is 4.39 Å². The number of alkyl halides is 4. The molecule has 0 amide bonds. The van der Waals surface area contributed by atoms with Crippen LogP contribution in [0.1, 0.15) is 5.56 Å². The zero-order valence-corrected chi connectivity index (χ0v) is 10.6. The molecule has 6 heteroatoms. The van der Waals surface area contributed by atoms with Crippen molar-refractivity contribution in [3.8, 4) is 16.9 Å². The molecular weight excluding hydrogens is 288 g/mol. The molecule has 21 heavy (non-hydrogen) atoms. The lowest BCUT2D eigenvalue weighted by Gasteiger charge is -2.17. The Morgan fingerprint density at radius 1 is 1.00 bits per heavy atom. The molecule has 0 spiro atoms. The molecule has 1 atom stereocenters. The summed E-state index contributed by atoms with van der Waals surface area (Å²) in [6.45, 7) is 0. The second kappa shape index (κ2) is 6.13. The van der Waals surface area contributed by atoms with Crippen LogP contribution in [0.5, 0.6) is 5.75 Å². The molecule has 1 radical (unpaired) electrons. The van der Waals surface area contributed by atoms with Gasteiger partial charge in [0.05, 0.1) is 6.42 Å². The molecule has 111 valence electrons. The zero-order valence-electron chi connectivity index (χ0n) is 10.6. The van der Waals surface area contributed by atoms with Gasteiger partial charge >= 0.3 is 6.36 Å². The normalized spacial score (nSPS) is 13.0. The minimum absolute atomic E-state index is 0.156. The highest BCUT2D eigenvalue weighted by molar-refractivity contribution is 5.72. The largest absolute Gasteiger partial charge is 0.573 e. The molecule has 0 heterocycles. The molecule has 0 aliphatic rings. The molecule has 0 aliphatic carbocycles. The van der Waals surface area contributed by atoms with Gasteiger partial charge in [-0.2, -0.15) is 0 Å². The van der Waals surface area contributed by atoms with Gasteiger partial charge in [-0.05, 0) is 17.2 Å². The van der Waals surface area contributed by atoms with E-state index in [0.29, 0.717) is 17.5 Å². The Labute approximate surface area is 118 Å². The van der Waals surface area contributed by atoms with E-state index < -0.39 is 18.5 Å². The van der Waals surface area contributed by atoms with E-state index in [2.05, 4.69) is 4.74 Å². The first-order valence-electron chi connectivity index (χ1n) is 5.98. The summed E-state index contributed by atoms with van der Waals surface area (Å²) in [5.74, 6) is -0.569. The van der Waals surface area contributed by atoms with Crippen molar-refractivity contribution in [2.45, 2.75) is 12.7 Å². The third-order valence-corrected chi connectivity index (χ3v) is 2.68. The molecule has 2 aromatic carbocycles. The van der Waals surface area contributed by atoms with Crippen molar-refractivity contribution in [3.05, 3.63) is 60.5 Å². The number of ether oxygens (including phenoxy) is 1. The summed E-state index contributed by atoms with van der Waals surface area (Å²) in [7, 11) is 0. The lowest BCUT2D eigenvalue weighted by atomic mass is 9.97. The lowest BCUT2D eigenvalue weighted by molar-refractivity contribution is -0.274. The molecule has 2 nitrogen and oxygen atoms in total. The van der Waals surface area contributed by atoms with E-state index in [1.54, 1.807) is 30.3 Å². The third-order valence-electron chi connectivity index (χ3n) is 2.68. The Morgan fingerprint density at radius 3 is 2.24 bits per heavy atom. The monoisotopic (exact) mass is 299 g/mol. The summed E-state index contributed by atoms with van der Waals surface area (Å²) in [6, 6.07) is 12.4. The Morgan fingerprint density at radius 2 is 1.67 bits per heavy atom. The van der Waals surface area contributed by atoms with Crippen LogP contribution in [0.3, 0.4) is 0 Å². The van der Waals surface area contributed by atoms with E-state index in [0.717, 1.165) is 6.07 Å². The summed E-state index contributed by atoms with van der Waals surface area (Å²) in [6.07, 6.45) is -6.63. The molecule has 0 saturated carbocycles. The van der Waals surface area contributed by atoms with Gasteiger partial charge in [0.1, 0.15) is 5.75 Å². The fourth-order valence-corrected chi connectivity index (χ4v) is 1.94. The van der Waals surface area contributed by atoms with E-state index in [-0.39, 0.29) is 5.56 Å². The third kappa shape index (κ3) is 4.19. The van der Waals surface area contributed by atoms with Gasteiger partial charge in [0.2, 0.25) is 6.36 Å². The van der Waals surface area contributed by atoms with Gasteiger partial charge in [-0.1, -0.05) is 42.5 Å². The van der Waals surface area contributed by atoms with Crippen molar-refractivity contribution in [1.82, 2.24) is 0 Å². The molecular formula is C15H11F4O2. The first kappa shape index (κ1) is 15.3. The van der Waals surface area contributed by atoms with E-state index in [1.807, 2.05) is 0 Å². The minimum Gasteiger partial charge on any atom is -0.405 e. The van der Waals surface area contributed by atoms with E-state index in [9.17, 15) is 17.6 Å². The van der Waals surface area contributed by atoms with E-state index >= 15 is 0 Å². The molecule has 1 N–H and O–H groups in total. The summed E-state index contributed by atoms with van der Waals surface area (Å²) in [4.78, 5) is 0. The van der Waals surface area contributed by atoms with E-state index in [4.69, 9.17) is 5.11 Å². The van der Waals surface area contributed by atoms with Crippen LogP contribution in [0, 0.1) is 6.42 Å². The van der Waals surface area contributed by atoms with Crippen molar-refractivity contribution in [2.24, 2.45) is 0 Å². The van der Waals surface area contributed by atoms with Gasteiger partial charge < -0.3 is 9.84 Å². The second-order valence-corrected chi connectivity index (χ2v) is 4.17. The summed E-state index contributed by atoms with van der Waals surface area (Å²) < 4.78 is 53.9. The first-order chi connectivity index (χ1) is 9.87. The van der Waals surface area contributed by atoms with Crippen LogP contribution in [0.4, 0.5) is 17.6 Å². The standard InChI is InChI=1S/C15H11F4O2/c16-14(20)9-12-11(10-5-2-1-3-6-10)7-4-8-13(12)21-15(17,18)19/h1-9,14,20H. The van der Waals surface area contributed by atoms with Gasteiger partial charge in [-0.15, -0.1) is 13.2 Å². The fourth-order valence-electron chi connectivity index (χ4n) is 1.94. The smallest absolute Gasteiger partial charge is 0.405 e. The summed E-state index contributed by atoms with van der Waals surface area (Å²) >= 11 is 0. The predicted octanol–water partition coefficient (Wildman–Crippen LogP) is 4.09. The topological polar surface area (TPSA) is 29.5 Å². The fraction of sp³-hybridized carbons (Fsp3) is 0.133. The Kier molecular flexibility index (Phi) is 4.47. The zero-order chi connectivity index (χ0) is 15.5. The van der Waals surface area contributed by atoms with Crippen molar-refractivity contribution in [3.63, 3.8) is 0 Å². The average Bonchev–Trinajstić information content (AvgIpc) is 2.39. The maximum atomic E-state index is 12.9. The van der Waals surface area contributed by atoms with Crippen LogP contribution < -0.4 is 4.74 Å². The quantitative estimate of drug-likeness (QED) is 0.862. The van der Waals surface area contributed by atoms with Gasteiger partial charge in [0, 0.05) is 5.56 Å². The minimum atomic E-state index is -4.90. The highest BCUT2D eigenvalue weighted by atomic mass is 19.4. The number of aliphatic hydroxyl groups excluding tert-OH is 1. The van der Waals surface area contributed by atoms with Crippen molar-refractivity contribution >= 4 is 0 Å². The van der Waals surface area contributed by atoms with Crippen LogP contribution in [-0.4, -0.2) is 17.8 Å². The van der Waals surface area contributed by atoms with Crippen molar-refractivity contribution in [2.75, 3.05) is 0 Å². The Balaban J connectivity index is 2.52. The number of rotatable bonds is 4. The molecule has 2 aromatic rings. The number of benzene rings is 2. The number of hydrogen-bond acceptors (Lipinski definition) is 2. The van der Waals surface area contributed by atoms with Crippen LogP contribution >= 0.6 is 0 Å². The van der Waals surface area contributed by atoms with Crippen LogP contribution in [-0.2, 0) is 0 Å². The SMILES string of the molecule is OC(F)[CH]c1c(OC(F)(F)F)cccc1-c1ccccc1. The maximum Gasteiger partial charge on any atom is 0.573 e. The Hall–Kier alpha value is -2.08. The highest BCUT2D eigenvalue weighted by Crippen LogP contribution is 2.35. The molecule has 2 rings (SSSR count). The summed E-state index contributed by atoms with van der Waals surface area (Å²) in [5, 5.41) is 8.84. The molecule has 1 unspecified atom stereocenters. The molecule has 0 fully saturated rings. The van der Waals surface area contributed by atoms with Crippen molar-refractivity contribution in [1.29, 1.82) is 0 Å². The second-order valence-electron chi connectivity index (χ2n) is 4.17. The highest BCUT2D eigenvalue weighted by Gasteiger charge is 2.32. The van der Waals surface area contributed by atoms with Gasteiger partial charge in [0.15, 0.2) is 0 Å². The predicted molar refractivity (Wildman–Crippen MR) is 69.1 cm³/mol. The molecule has 0 bridgehead atoms. The number of aliphatic hydroxyl groups is 1. The molecule has 0 aliphatic heterocycles. The molecule has 0 saturated heterocycles. The number of halogens is 4. The average molecular weight is 299 g/mol. The van der Waals surface area contributed by atoms with Gasteiger partial charge in [0.25, 0.3) is 0 Å². The first-order valence-corrected chi connectivity index (χ1v) is 5.98. The maximum absolute atomic E-state index is 12.9. The lowest BCUT2D eigenvalue weighted by Crippen LogP contribution is -2.18. The Bertz CT molecular complexity index is 594. The van der Waals surface area contributed by atoms with Crippen molar-refractivity contribution < 1.29 is 27.4 Å². The van der Waals surface area contributed by atoms with Gasteiger partial charge in [-0.3, -0.25) is 0 Å². The van der Waals surface area contributed by atoms with E-state index in [1.165, 1.54) is 12.1 Å². The van der Waals surface area contributed by atoms with Crippen LogP contribution in [0.2, 0.25) is 0 Å². The molecule has 0 aromatic heterocycles. The summed E-state index contributed by atoms with van der Waals surface area (Å²) in [5.41, 5.74) is 0.752. The van der Waals surface area contributed by atoms with Crippen LogP contribution in [0.25, 0.3) is 11.1 Å². The number of hydrogen-bond donors (Lipinski definition) is 1.